The van der Waals surface area contributed by atoms with Gasteiger partial charge in [0.2, 0.25) is 0 Å². The van der Waals surface area contributed by atoms with E-state index in [-0.39, 0.29) is 28.5 Å². The first-order valence-electron chi connectivity index (χ1n) is 9.75. The van der Waals surface area contributed by atoms with Crippen molar-refractivity contribution in [2.75, 3.05) is 5.32 Å². The Morgan fingerprint density at radius 3 is 2.63 bits per heavy atom. The molecule has 1 amide bonds. The molecule has 0 saturated carbocycles. The highest BCUT2D eigenvalue weighted by Gasteiger charge is 2.30. The van der Waals surface area contributed by atoms with E-state index in [4.69, 9.17) is 0 Å². The molecule has 0 atom stereocenters. The van der Waals surface area contributed by atoms with Crippen LogP contribution in [0.5, 0.6) is 11.5 Å². The van der Waals surface area contributed by atoms with Crippen LogP contribution >= 0.6 is 0 Å². The van der Waals surface area contributed by atoms with E-state index in [1.54, 1.807) is 11.1 Å². The van der Waals surface area contributed by atoms with Crippen molar-refractivity contribution in [1.82, 2.24) is 19.7 Å². The number of carbonyl (C=O) groups excluding carboxylic acids is 1. The Bertz CT molecular complexity index is 1110. The van der Waals surface area contributed by atoms with Gasteiger partial charge in [-0.2, -0.15) is 5.10 Å². The summed E-state index contributed by atoms with van der Waals surface area (Å²) < 4.78 is 1.81. The monoisotopic (exact) mass is 407 g/mol. The summed E-state index contributed by atoms with van der Waals surface area (Å²) in [5.74, 6) is -0.113. The zero-order valence-electron chi connectivity index (χ0n) is 17.5. The molecule has 4 rings (SSSR count). The predicted molar refractivity (Wildman–Crippen MR) is 113 cm³/mol. The van der Waals surface area contributed by atoms with Crippen LogP contribution in [0.4, 0.5) is 11.5 Å². The smallest absolute Gasteiger partial charge is 0.260 e. The largest absolute Gasteiger partial charge is 0.508 e. The molecule has 8 nitrogen and oxygen atoms in total. The number of hydrogen-bond donors (Lipinski definition) is 3. The number of anilines is 2. The van der Waals surface area contributed by atoms with Crippen molar-refractivity contribution >= 4 is 17.4 Å². The van der Waals surface area contributed by atoms with E-state index in [0.717, 1.165) is 17.0 Å². The maximum absolute atomic E-state index is 13.3. The van der Waals surface area contributed by atoms with Crippen LogP contribution in [0, 0.1) is 6.92 Å². The van der Waals surface area contributed by atoms with E-state index in [1.165, 1.54) is 12.1 Å². The third kappa shape index (κ3) is 3.56. The fourth-order valence-corrected chi connectivity index (χ4v) is 3.67. The van der Waals surface area contributed by atoms with Gasteiger partial charge in [-0.25, -0.2) is 4.68 Å². The minimum atomic E-state index is -0.341. The highest BCUT2D eigenvalue weighted by molar-refractivity contribution is 6.03. The number of phenolic OH excluding ortho intramolecular Hbond substituents is 2. The van der Waals surface area contributed by atoms with Crippen molar-refractivity contribution in [1.29, 1.82) is 0 Å². The molecular weight excluding hydrogens is 382 g/mol. The van der Waals surface area contributed by atoms with Crippen LogP contribution in [0.25, 0.3) is 0 Å². The molecule has 3 heterocycles. The molecule has 1 aliphatic rings. The van der Waals surface area contributed by atoms with Crippen molar-refractivity contribution in [3.63, 3.8) is 0 Å². The number of carbonyl (C=O) groups is 1. The van der Waals surface area contributed by atoms with Gasteiger partial charge in [0.25, 0.3) is 5.91 Å². The maximum Gasteiger partial charge on any atom is 0.260 e. The summed E-state index contributed by atoms with van der Waals surface area (Å²) in [6.45, 7) is 8.73. The molecule has 0 radical (unpaired) electrons. The predicted octanol–water partition coefficient (Wildman–Crippen LogP) is 3.65. The number of amides is 1. The molecule has 0 unspecified atom stereocenters. The van der Waals surface area contributed by atoms with Gasteiger partial charge in [-0.15, -0.1) is 0 Å². The maximum atomic E-state index is 13.3. The van der Waals surface area contributed by atoms with Crippen LogP contribution in [0.15, 0.2) is 36.5 Å². The summed E-state index contributed by atoms with van der Waals surface area (Å²) in [6.07, 6.45) is 1.70. The molecule has 0 saturated heterocycles. The van der Waals surface area contributed by atoms with E-state index in [0.29, 0.717) is 24.6 Å². The molecule has 0 bridgehead atoms. The number of nitrogens with one attached hydrogen (secondary N) is 1. The van der Waals surface area contributed by atoms with Crippen LogP contribution in [0.2, 0.25) is 0 Å². The topological polar surface area (TPSA) is 104 Å². The van der Waals surface area contributed by atoms with Gasteiger partial charge in [-0.05, 0) is 39.3 Å². The molecule has 8 heteroatoms. The first-order chi connectivity index (χ1) is 14.1. The number of fused-ring (bicyclic) bond motifs is 1. The molecule has 30 heavy (non-hydrogen) atoms. The molecule has 0 fully saturated rings. The van der Waals surface area contributed by atoms with E-state index < -0.39 is 0 Å². The van der Waals surface area contributed by atoms with Crippen LogP contribution in [-0.4, -0.2) is 35.8 Å². The van der Waals surface area contributed by atoms with Crippen molar-refractivity contribution in [3.05, 3.63) is 59.0 Å². The lowest BCUT2D eigenvalue weighted by Crippen LogP contribution is -2.27. The number of nitrogens with zero attached hydrogens (tertiary/aromatic N) is 4. The Morgan fingerprint density at radius 2 is 1.93 bits per heavy atom. The summed E-state index contributed by atoms with van der Waals surface area (Å²) >= 11 is 0. The van der Waals surface area contributed by atoms with Gasteiger partial charge in [0.15, 0.2) is 0 Å². The third-order valence-corrected chi connectivity index (χ3v) is 5.02. The molecule has 156 valence electrons. The average molecular weight is 407 g/mol. The molecule has 2 aromatic heterocycles. The van der Waals surface area contributed by atoms with Gasteiger partial charge < -0.3 is 20.4 Å². The highest BCUT2D eigenvalue weighted by atomic mass is 16.3. The Balaban J connectivity index is 1.72. The van der Waals surface area contributed by atoms with Gasteiger partial charge in [-0.1, -0.05) is 6.07 Å². The molecule has 3 aromatic rings. The van der Waals surface area contributed by atoms with Crippen molar-refractivity contribution in [3.8, 4) is 11.5 Å². The third-order valence-electron chi connectivity index (χ3n) is 5.02. The van der Waals surface area contributed by atoms with E-state index >= 15 is 0 Å². The highest BCUT2D eigenvalue weighted by Crippen LogP contribution is 2.36. The normalized spacial score (nSPS) is 13.4. The van der Waals surface area contributed by atoms with Crippen LogP contribution in [0.3, 0.4) is 0 Å². The molecule has 0 spiro atoms. The number of benzene rings is 1. The number of phenols is 2. The number of aromatic hydroxyl groups is 2. The standard InChI is InChI=1S/C22H25N5O3/c1-13-8-19(27(25-13)22(2,3)4)24-16-9-15(28)10-18(29)20(16)21(30)26-11-14-6-5-7-23-17(14)12-26/h5-10,24,28-29H,11-12H2,1-4H3. The zero-order chi connectivity index (χ0) is 21.6. The van der Waals surface area contributed by atoms with Crippen molar-refractivity contribution in [2.45, 2.75) is 46.3 Å². The van der Waals surface area contributed by atoms with E-state index in [9.17, 15) is 15.0 Å². The van der Waals surface area contributed by atoms with Gasteiger partial charge >= 0.3 is 0 Å². The second-order valence-electron chi connectivity index (χ2n) is 8.54. The van der Waals surface area contributed by atoms with E-state index in [2.05, 4.69) is 15.4 Å². The molecule has 1 aromatic carbocycles. The lowest BCUT2D eigenvalue weighted by molar-refractivity contribution is 0.0748. The number of aryl methyl sites for hydroxylation is 1. The Morgan fingerprint density at radius 1 is 1.17 bits per heavy atom. The van der Waals surface area contributed by atoms with Crippen molar-refractivity contribution in [2.24, 2.45) is 0 Å². The van der Waals surface area contributed by atoms with E-state index in [1.807, 2.05) is 50.6 Å². The summed E-state index contributed by atoms with van der Waals surface area (Å²) in [4.78, 5) is 19.3. The first kappa shape index (κ1) is 19.8. The molecule has 0 aliphatic carbocycles. The minimum Gasteiger partial charge on any atom is -0.508 e. The molecular formula is C22H25N5O3. The Hall–Kier alpha value is -3.55. The van der Waals surface area contributed by atoms with Gasteiger partial charge in [0.05, 0.1) is 29.2 Å². The van der Waals surface area contributed by atoms with Gasteiger partial charge in [-0.3, -0.25) is 9.78 Å². The lowest BCUT2D eigenvalue weighted by Gasteiger charge is -2.24. The minimum absolute atomic E-state index is 0.0971. The molecule has 1 aliphatic heterocycles. The average Bonchev–Trinajstić information content (AvgIpc) is 3.24. The summed E-state index contributed by atoms with van der Waals surface area (Å²) in [5, 5.41) is 28.3. The van der Waals surface area contributed by atoms with Gasteiger partial charge in [0.1, 0.15) is 22.9 Å². The summed E-state index contributed by atoms with van der Waals surface area (Å²) in [7, 11) is 0. The zero-order valence-corrected chi connectivity index (χ0v) is 17.5. The number of hydrogen-bond acceptors (Lipinski definition) is 6. The fraction of sp³-hybridized carbons (Fsp3) is 0.318. The SMILES string of the molecule is Cc1cc(Nc2cc(O)cc(O)c2C(=O)N2Cc3cccnc3C2)n(C(C)(C)C)n1. The molecule has 3 N–H and O–H groups in total. The number of rotatable bonds is 3. The quantitative estimate of drug-likeness (QED) is 0.612. The number of pyridine rings is 1. The fourth-order valence-electron chi connectivity index (χ4n) is 3.67. The second-order valence-corrected chi connectivity index (χ2v) is 8.54. The van der Waals surface area contributed by atoms with Crippen LogP contribution in [0.1, 0.15) is 48.1 Å². The Kier molecular flexibility index (Phi) is 4.64. The second kappa shape index (κ2) is 7.05. The Labute approximate surface area is 174 Å². The summed E-state index contributed by atoms with van der Waals surface area (Å²) in [6, 6.07) is 8.25. The van der Waals surface area contributed by atoms with Crippen LogP contribution in [-0.2, 0) is 18.6 Å². The van der Waals surface area contributed by atoms with Crippen molar-refractivity contribution < 1.29 is 15.0 Å². The lowest BCUT2D eigenvalue weighted by atomic mass is 10.1. The van der Waals surface area contributed by atoms with Gasteiger partial charge in [0, 0.05) is 30.9 Å². The first-order valence-corrected chi connectivity index (χ1v) is 9.75. The summed E-state index contributed by atoms with van der Waals surface area (Å²) in [5.41, 5.74) is 2.75. The number of aromatic nitrogens is 3. The van der Waals surface area contributed by atoms with Crippen LogP contribution < -0.4 is 5.32 Å².